The van der Waals surface area contributed by atoms with Crippen molar-refractivity contribution in [1.29, 1.82) is 0 Å². The molecule has 19 heavy (non-hydrogen) atoms. The zero-order valence-electron chi connectivity index (χ0n) is 9.49. The van der Waals surface area contributed by atoms with Crippen LogP contribution in [0.5, 0.6) is 0 Å². The molecule has 0 atom stereocenters. The maximum Gasteiger partial charge on any atom is 0.355 e. The third-order valence-corrected chi connectivity index (χ3v) is 3.49. The lowest BCUT2D eigenvalue weighted by molar-refractivity contribution is 0.0691. The fraction of sp³-hybridized carbons (Fsp3) is 0.222. The number of amides is 2. The van der Waals surface area contributed by atoms with Crippen molar-refractivity contribution in [3.05, 3.63) is 21.6 Å². The Labute approximate surface area is 115 Å². The zero-order valence-corrected chi connectivity index (χ0v) is 11.1. The molecule has 0 saturated carbocycles. The second-order valence-corrected chi connectivity index (χ2v) is 5.08. The van der Waals surface area contributed by atoms with E-state index in [0.29, 0.717) is 23.1 Å². The molecule has 2 amide bonds. The Balaban J connectivity index is 1.73. The van der Waals surface area contributed by atoms with E-state index >= 15 is 0 Å². The van der Waals surface area contributed by atoms with Gasteiger partial charge in [0.15, 0.2) is 5.69 Å². The summed E-state index contributed by atoms with van der Waals surface area (Å²) in [6.45, 7) is 0.358. The van der Waals surface area contributed by atoms with Crippen LogP contribution in [0.4, 0.5) is 9.93 Å². The highest BCUT2D eigenvalue weighted by molar-refractivity contribution is 7.13. The van der Waals surface area contributed by atoms with Crippen LogP contribution >= 0.6 is 22.7 Å². The Morgan fingerprint density at radius 2 is 2.21 bits per heavy atom. The van der Waals surface area contributed by atoms with Crippen LogP contribution in [0.25, 0.3) is 0 Å². The number of nitrogens with one attached hydrogen (secondary N) is 2. The molecule has 0 aliphatic carbocycles. The summed E-state index contributed by atoms with van der Waals surface area (Å²) in [5.41, 5.74) is 1.54. The first-order valence-electron chi connectivity index (χ1n) is 5.14. The normalized spacial score (nSPS) is 10.1. The van der Waals surface area contributed by atoms with Gasteiger partial charge in [0.25, 0.3) is 0 Å². The molecule has 0 unspecified atom stereocenters. The second-order valence-electron chi connectivity index (χ2n) is 3.31. The molecule has 2 aromatic heterocycles. The molecule has 0 bridgehead atoms. The monoisotopic (exact) mass is 299 g/mol. The van der Waals surface area contributed by atoms with E-state index in [1.165, 1.54) is 33.6 Å². The number of carbonyl (C=O) groups is 2. The molecule has 0 saturated heterocycles. The summed E-state index contributed by atoms with van der Waals surface area (Å²) in [6.07, 6.45) is 0.474. The van der Waals surface area contributed by atoms with Gasteiger partial charge in [-0.05, 0) is 0 Å². The van der Waals surface area contributed by atoms with Gasteiger partial charge in [-0.1, -0.05) is 11.3 Å². The number of rotatable bonds is 5. The van der Waals surface area contributed by atoms with Crippen LogP contribution in [-0.2, 0) is 6.42 Å². The highest BCUT2D eigenvalue weighted by Gasteiger charge is 2.09. The van der Waals surface area contributed by atoms with Crippen molar-refractivity contribution in [3.63, 3.8) is 0 Å². The van der Waals surface area contributed by atoms with Gasteiger partial charge in [-0.15, -0.1) is 21.5 Å². The van der Waals surface area contributed by atoms with Gasteiger partial charge >= 0.3 is 12.0 Å². The fourth-order valence-corrected chi connectivity index (χ4v) is 2.39. The van der Waals surface area contributed by atoms with E-state index in [4.69, 9.17) is 5.11 Å². The second kappa shape index (κ2) is 6.20. The molecule has 0 aromatic carbocycles. The number of carbonyl (C=O) groups excluding carboxylic acids is 1. The third-order valence-electron chi connectivity index (χ3n) is 1.98. The minimum absolute atomic E-state index is 0.0262. The first-order valence-corrected chi connectivity index (χ1v) is 6.90. The fourth-order valence-electron chi connectivity index (χ4n) is 1.18. The molecular formula is C9H9N5O3S2. The van der Waals surface area contributed by atoms with Gasteiger partial charge < -0.3 is 10.4 Å². The number of hydrogen-bond acceptors (Lipinski definition) is 7. The summed E-state index contributed by atoms with van der Waals surface area (Å²) < 4.78 is 0. The molecule has 0 fully saturated rings. The Bertz CT molecular complexity index is 568. The quantitative estimate of drug-likeness (QED) is 0.760. The third kappa shape index (κ3) is 3.96. The number of urea groups is 1. The van der Waals surface area contributed by atoms with E-state index in [1.807, 2.05) is 0 Å². The summed E-state index contributed by atoms with van der Waals surface area (Å²) in [6, 6.07) is -0.383. The number of thiazole rings is 1. The number of aromatic nitrogens is 3. The van der Waals surface area contributed by atoms with Crippen molar-refractivity contribution >= 4 is 39.8 Å². The van der Waals surface area contributed by atoms with Gasteiger partial charge in [-0.2, -0.15) is 0 Å². The van der Waals surface area contributed by atoms with Gasteiger partial charge in [-0.25, -0.2) is 14.6 Å². The van der Waals surface area contributed by atoms with E-state index in [9.17, 15) is 9.59 Å². The largest absolute Gasteiger partial charge is 0.476 e. The molecule has 2 aromatic rings. The van der Waals surface area contributed by atoms with E-state index in [2.05, 4.69) is 25.8 Å². The minimum Gasteiger partial charge on any atom is -0.476 e. The molecule has 0 aliphatic heterocycles. The van der Waals surface area contributed by atoms with Gasteiger partial charge in [0.2, 0.25) is 5.13 Å². The van der Waals surface area contributed by atoms with Crippen molar-refractivity contribution in [1.82, 2.24) is 20.5 Å². The zero-order chi connectivity index (χ0) is 13.7. The molecule has 0 radical (unpaired) electrons. The summed E-state index contributed by atoms with van der Waals surface area (Å²) in [7, 11) is 0. The SMILES string of the molecule is O=C(NCCc1nc(C(=O)O)cs1)Nc1nncs1. The predicted molar refractivity (Wildman–Crippen MR) is 69.7 cm³/mol. The molecule has 10 heteroatoms. The molecule has 100 valence electrons. The maximum atomic E-state index is 11.4. The lowest BCUT2D eigenvalue weighted by atomic mass is 10.4. The van der Waals surface area contributed by atoms with Gasteiger partial charge in [0.05, 0.1) is 5.01 Å². The number of carboxylic acids is 1. The van der Waals surface area contributed by atoms with Crippen LogP contribution in [0.2, 0.25) is 0 Å². The summed E-state index contributed by atoms with van der Waals surface area (Å²) in [5, 5.41) is 23.6. The van der Waals surface area contributed by atoms with Crippen LogP contribution in [0.15, 0.2) is 10.9 Å². The van der Waals surface area contributed by atoms with Crippen molar-refractivity contribution in [2.45, 2.75) is 6.42 Å². The van der Waals surface area contributed by atoms with Crippen molar-refractivity contribution in [3.8, 4) is 0 Å². The Hall–Kier alpha value is -2.07. The van der Waals surface area contributed by atoms with Crippen LogP contribution < -0.4 is 10.6 Å². The van der Waals surface area contributed by atoms with Crippen LogP contribution in [-0.4, -0.2) is 38.8 Å². The predicted octanol–water partition coefficient (Wildman–Crippen LogP) is 1.06. The summed E-state index contributed by atoms with van der Waals surface area (Å²) in [5.74, 6) is -1.05. The Morgan fingerprint density at radius 1 is 1.37 bits per heavy atom. The maximum absolute atomic E-state index is 11.4. The first kappa shape index (κ1) is 13.4. The smallest absolute Gasteiger partial charge is 0.355 e. The van der Waals surface area contributed by atoms with Crippen LogP contribution in [0.1, 0.15) is 15.5 Å². The average molecular weight is 299 g/mol. The van der Waals surface area contributed by atoms with Gasteiger partial charge in [0.1, 0.15) is 5.51 Å². The van der Waals surface area contributed by atoms with E-state index in [0.717, 1.165) is 0 Å². The lowest BCUT2D eigenvalue weighted by Crippen LogP contribution is -2.30. The number of carboxylic acid groups (broad SMARTS) is 1. The highest BCUT2D eigenvalue weighted by atomic mass is 32.1. The van der Waals surface area contributed by atoms with E-state index < -0.39 is 5.97 Å². The lowest BCUT2D eigenvalue weighted by Gasteiger charge is -2.03. The number of nitrogens with zero attached hydrogens (tertiary/aromatic N) is 3. The highest BCUT2D eigenvalue weighted by Crippen LogP contribution is 2.10. The molecule has 2 rings (SSSR count). The molecule has 2 heterocycles. The van der Waals surface area contributed by atoms with Crippen molar-refractivity contribution in [2.75, 3.05) is 11.9 Å². The molecule has 8 nitrogen and oxygen atoms in total. The summed E-state index contributed by atoms with van der Waals surface area (Å²) in [4.78, 5) is 26.0. The van der Waals surface area contributed by atoms with E-state index in [1.54, 1.807) is 0 Å². The van der Waals surface area contributed by atoms with Crippen LogP contribution in [0, 0.1) is 0 Å². The number of hydrogen-bond donors (Lipinski definition) is 3. The first-order chi connectivity index (χ1) is 9.15. The average Bonchev–Trinajstić information content (AvgIpc) is 3.00. The van der Waals surface area contributed by atoms with Crippen molar-refractivity contribution in [2.24, 2.45) is 0 Å². The van der Waals surface area contributed by atoms with Crippen molar-refractivity contribution < 1.29 is 14.7 Å². The number of anilines is 1. The summed E-state index contributed by atoms with van der Waals surface area (Å²) >= 11 is 2.47. The Kier molecular flexibility index (Phi) is 4.36. The Morgan fingerprint density at radius 3 is 2.84 bits per heavy atom. The molecule has 0 spiro atoms. The van der Waals surface area contributed by atoms with Gasteiger partial charge in [-0.3, -0.25) is 5.32 Å². The topological polar surface area (TPSA) is 117 Å². The van der Waals surface area contributed by atoms with E-state index in [-0.39, 0.29) is 11.7 Å². The standard InChI is InChI=1S/C9H9N5O3S2/c15-7(16)5-3-18-6(12-5)1-2-10-8(17)13-9-14-11-4-19-9/h3-4H,1-2H2,(H,15,16)(H2,10,13,14,17). The minimum atomic E-state index is -1.05. The molecular weight excluding hydrogens is 290 g/mol. The molecule has 3 N–H and O–H groups in total. The number of aromatic carboxylic acids is 1. The van der Waals surface area contributed by atoms with Gasteiger partial charge in [0, 0.05) is 18.3 Å². The molecule has 0 aliphatic rings. The van der Waals surface area contributed by atoms with Crippen LogP contribution in [0.3, 0.4) is 0 Å².